The van der Waals surface area contributed by atoms with E-state index in [-0.39, 0.29) is 5.91 Å². The molecule has 0 aromatic heterocycles. The van der Waals surface area contributed by atoms with Crippen LogP contribution in [0.15, 0.2) is 0 Å². The molecule has 1 amide bonds. The molecule has 4 heteroatoms. The molecule has 4 nitrogen and oxygen atoms in total. The average Bonchev–Trinajstić information content (AvgIpc) is 2.34. The average molecular weight is 243 g/mol. The first kappa shape index (κ1) is 16.4. The molecule has 1 unspecified atom stereocenters. The van der Waals surface area contributed by atoms with E-state index in [1.807, 2.05) is 7.05 Å². The molecule has 0 fully saturated rings. The van der Waals surface area contributed by atoms with Crippen LogP contribution in [0, 0.1) is 5.92 Å². The van der Waals surface area contributed by atoms with Gasteiger partial charge in [0.25, 0.3) is 0 Å². The topological polar surface area (TPSA) is 49.6 Å². The van der Waals surface area contributed by atoms with Crippen LogP contribution in [0.4, 0.5) is 0 Å². The van der Waals surface area contributed by atoms with Gasteiger partial charge in [-0.2, -0.15) is 0 Å². The summed E-state index contributed by atoms with van der Waals surface area (Å²) in [7, 11) is 1.86. The zero-order chi connectivity index (χ0) is 13.3. The van der Waals surface area contributed by atoms with E-state index in [9.17, 15) is 4.79 Å². The van der Waals surface area contributed by atoms with Gasteiger partial charge in [0, 0.05) is 20.1 Å². The molecule has 17 heavy (non-hydrogen) atoms. The standard InChI is InChI=1S/C13H29N3O/c1-5-12(3)10-16(6-2)11-13(17)15(4)9-7-8-14/h12H,5-11,14H2,1-4H3. The highest BCUT2D eigenvalue weighted by Crippen LogP contribution is 2.04. The molecule has 0 heterocycles. The van der Waals surface area contributed by atoms with Crippen LogP contribution in [-0.4, -0.2) is 55.5 Å². The number of carbonyl (C=O) groups is 1. The van der Waals surface area contributed by atoms with Crippen LogP contribution < -0.4 is 5.73 Å². The Morgan fingerprint density at radius 2 is 2.00 bits per heavy atom. The van der Waals surface area contributed by atoms with E-state index >= 15 is 0 Å². The highest BCUT2D eigenvalue weighted by Gasteiger charge is 2.14. The van der Waals surface area contributed by atoms with Crippen molar-refractivity contribution in [2.45, 2.75) is 33.6 Å². The molecule has 1 atom stereocenters. The molecule has 0 rings (SSSR count). The van der Waals surface area contributed by atoms with E-state index in [1.54, 1.807) is 4.90 Å². The fourth-order valence-corrected chi connectivity index (χ4v) is 1.64. The Labute approximate surface area is 106 Å². The molecule has 2 N–H and O–H groups in total. The number of likely N-dealkylation sites (N-methyl/N-ethyl adjacent to an activating group) is 2. The Kier molecular flexibility index (Phi) is 9.09. The highest BCUT2D eigenvalue weighted by molar-refractivity contribution is 5.77. The first-order valence-electron chi connectivity index (χ1n) is 6.71. The van der Waals surface area contributed by atoms with E-state index in [4.69, 9.17) is 5.73 Å². The van der Waals surface area contributed by atoms with Gasteiger partial charge < -0.3 is 10.6 Å². The largest absolute Gasteiger partial charge is 0.345 e. The Hall–Kier alpha value is -0.610. The van der Waals surface area contributed by atoms with Gasteiger partial charge in [-0.3, -0.25) is 9.69 Å². The summed E-state index contributed by atoms with van der Waals surface area (Å²) in [5.74, 6) is 0.848. The van der Waals surface area contributed by atoms with Crippen molar-refractivity contribution in [3.8, 4) is 0 Å². The summed E-state index contributed by atoms with van der Waals surface area (Å²) in [6.07, 6.45) is 2.04. The van der Waals surface area contributed by atoms with Crippen LogP contribution >= 0.6 is 0 Å². The van der Waals surface area contributed by atoms with Crippen LogP contribution in [0.2, 0.25) is 0 Å². The van der Waals surface area contributed by atoms with E-state index in [0.29, 0.717) is 19.0 Å². The van der Waals surface area contributed by atoms with Crippen LogP contribution in [0.3, 0.4) is 0 Å². The van der Waals surface area contributed by atoms with Gasteiger partial charge in [0.2, 0.25) is 5.91 Å². The predicted molar refractivity (Wildman–Crippen MR) is 72.9 cm³/mol. The second-order valence-corrected chi connectivity index (χ2v) is 4.80. The minimum atomic E-state index is 0.198. The molecule has 0 bridgehead atoms. The molecule has 0 aliphatic carbocycles. The molecule has 0 aliphatic rings. The number of amides is 1. The molecule has 0 aromatic carbocycles. The summed E-state index contributed by atoms with van der Waals surface area (Å²) in [4.78, 5) is 15.9. The van der Waals surface area contributed by atoms with Crippen molar-refractivity contribution in [3.05, 3.63) is 0 Å². The van der Waals surface area contributed by atoms with Crippen molar-refractivity contribution in [2.75, 3.05) is 39.8 Å². The number of rotatable bonds is 9. The smallest absolute Gasteiger partial charge is 0.236 e. The monoisotopic (exact) mass is 243 g/mol. The Morgan fingerprint density at radius 3 is 2.47 bits per heavy atom. The first-order chi connectivity index (χ1) is 8.04. The molecule has 0 radical (unpaired) electrons. The van der Waals surface area contributed by atoms with E-state index in [0.717, 1.165) is 32.5 Å². The van der Waals surface area contributed by atoms with E-state index < -0.39 is 0 Å². The molecular formula is C13H29N3O. The Morgan fingerprint density at radius 1 is 1.35 bits per heavy atom. The summed E-state index contributed by atoms with van der Waals surface area (Å²) in [5, 5.41) is 0. The quantitative estimate of drug-likeness (QED) is 0.661. The zero-order valence-corrected chi connectivity index (χ0v) is 11.9. The van der Waals surface area contributed by atoms with Gasteiger partial charge in [-0.15, -0.1) is 0 Å². The van der Waals surface area contributed by atoms with Crippen molar-refractivity contribution in [2.24, 2.45) is 11.7 Å². The van der Waals surface area contributed by atoms with Crippen molar-refractivity contribution in [1.29, 1.82) is 0 Å². The molecule has 0 aliphatic heterocycles. The molecule has 0 spiro atoms. The summed E-state index contributed by atoms with van der Waals surface area (Å²) >= 11 is 0. The van der Waals surface area contributed by atoms with Crippen LogP contribution in [0.5, 0.6) is 0 Å². The van der Waals surface area contributed by atoms with Gasteiger partial charge in [0.05, 0.1) is 6.54 Å². The molecule has 102 valence electrons. The summed E-state index contributed by atoms with van der Waals surface area (Å²) in [6.45, 7) is 10.4. The lowest BCUT2D eigenvalue weighted by Crippen LogP contribution is -2.40. The maximum Gasteiger partial charge on any atom is 0.236 e. The first-order valence-corrected chi connectivity index (χ1v) is 6.71. The number of nitrogens with two attached hydrogens (primary N) is 1. The normalized spacial score (nSPS) is 12.8. The fourth-order valence-electron chi connectivity index (χ4n) is 1.64. The van der Waals surface area contributed by atoms with Crippen molar-refractivity contribution >= 4 is 5.91 Å². The van der Waals surface area contributed by atoms with Gasteiger partial charge in [-0.1, -0.05) is 27.2 Å². The Balaban J connectivity index is 4.04. The minimum absolute atomic E-state index is 0.198. The van der Waals surface area contributed by atoms with Gasteiger partial charge in [0.1, 0.15) is 0 Å². The van der Waals surface area contributed by atoms with Crippen LogP contribution in [0.1, 0.15) is 33.6 Å². The molecular weight excluding hydrogens is 214 g/mol. The third-order valence-corrected chi connectivity index (χ3v) is 3.20. The van der Waals surface area contributed by atoms with Crippen LogP contribution in [0.25, 0.3) is 0 Å². The highest BCUT2D eigenvalue weighted by atomic mass is 16.2. The number of hydrogen-bond donors (Lipinski definition) is 1. The van der Waals surface area contributed by atoms with Gasteiger partial charge in [0.15, 0.2) is 0 Å². The number of nitrogens with zero attached hydrogens (tertiary/aromatic N) is 2. The third-order valence-electron chi connectivity index (χ3n) is 3.20. The van der Waals surface area contributed by atoms with Gasteiger partial charge >= 0.3 is 0 Å². The van der Waals surface area contributed by atoms with E-state index in [2.05, 4.69) is 25.7 Å². The number of hydrogen-bond acceptors (Lipinski definition) is 3. The van der Waals surface area contributed by atoms with Crippen LogP contribution in [-0.2, 0) is 4.79 Å². The zero-order valence-electron chi connectivity index (χ0n) is 11.9. The Bertz CT molecular complexity index is 209. The van der Waals surface area contributed by atoms with Gasteiger partial charge in [-0.05, 0) is 25.4 Å². The predicted octanol–water partition coefficient (Wildman–Crippen LogP) is 1.16. The summed E-state index contributed by atoms with van der Waals surface area (Å²) in [6, 6.07) is 0. The van der Waals surface area contributed by atoms with Gasteiger partial charge in [-0.25, -0.2) is 0 Å². The van der Waals surface area contributed by atoms with Crippen molar-refractivity contribution < 1.29 is 4.79 Å². The summed E-state index contributed by atoms with van der Waals surface area (Å²) < 4.78 is 0. The lowest BCUT2D eigenvalue weighted by molar-refractivity contribution is -0.131. The lowest BCUT2D eigenvalue weighted by Gasteiger charge is -2.26. The minimum Gasteiger partial charge on any atom is -0.345 e. The maximum atomic E-state index is 11.9. The lowest BCUT2D eigenvalue weighted by atomic mass is 10.1. The van der Waals surface area contributed by atoms with Crippen molar-refractivity contribution in [3.63, 3.8) is 0 Å². The number of carbonyl (C=O) groups excluding carboxylic acids is 1. The second-order valence-electron chi connectivity index (χ2n) is 4.80. The van der Waals surface area contributed by atoms with E-state index in [1.165, 1.54) is 0 Å². The SMILES string of the molecule is CCC(C)CN(CC)CC(=O)N(C)CCCN. The van der Waals surface area contributed by atoms with Crippen molar-refractivity contribution in [1.82, 2.24) is 9.80 Å². The third kappa shape index (κ3) is 7.34. The summed E-state index contributed by atoms with van der Waals surface area (Å²) in [5.41, 5.74) is 5.44. The maximum absolute atomic E-state index is 11.9. The molecule has 0 saturated carbocycles. The molecule has 0 saturated heterocycles. The molecule has 0 aromatic rings. The fraction of sp³-hybridized carbons (Fsp3) is 0.923. The second kappa shape index (κ2) is 9.42.